The van der Waals surface area contributed by atoms with E-state index in [0.29, 0.717) is 32.0 Å². The van der Waals surface area contributed by atoms with Crippen LogP contribution in [-0.2, 0) is 14.4 Å². The van der Waals surface area contributed by atoms with Gasteiger partial charge >= 0.3 is 0 Å². The van der Waals surface area contributed by atoms with Crippen molar-refractivity contribution in [3.05, 3.63) is 0 Å². The van der Waals surface area contributed by atoms with Gasteiger partial charge in [0.1, 0.15) is 0 Å². The van der Waals surface area contributed by atoms with Gasteiger partial charge in [0, 0.05) is 19.0 Å². The Hall–Kier alpha value is -1.43. The van der Waals surface area contributed by atoms with Gasteiger partial charge in [0.05, 0.1) is 12.5 Å². The monoisotopic (exact) mass is 281 g/mol. The second-order valence-electron chi connectivity index (χ2n) is 5.54. The van der Waals surface area contributed by atoms with Crippen LogP contribution in [-0.4, -0.2) is 47.8 Å². The van der Waals surface area contributed by atoms with Crippen molar-refractivity contribution in [2.75, 3.05) is 13.1 Å². The third-order valence-electron chi connectivity index (χ3n) is 3.60. The SMILES string of the molecule is CCCN1C(=O)CC(NCCCC(=O)NC2CC2)C1=O. The second kappa shape index (κ2) is 6.83. The minimum absolute atomic E-state index is 0.0794. The lowest BCUT2D eigenvalue weighted by atomic mass is 10.2. The molecule has 0 aromatic carbocycles. The van der Waals surface area contributed by atoms with Crippen molar-refractivity contribution >= 4 is 17.7 Å². The Kier molecular flexibility index (Phi) is 5.11. The van der Waals surface area contributed by atoms with Gasteiger partial charge in [-0.05, 0) is 32.2 Å². The maximum absolute atomic E-state index is 12.0. The average Bonchev–Trinajstić information content (AvgIpc) is 3.17. The van der Waals surface area contributed by atoms with Gasteiger partial charge in [0.15, 0.2) is 0 Å². The fourth-order valence-corrected chi connectivity index (χ4v) is 2.35. The van der Waals surface area contributed by atoms with Crippen LogP contribution in [0.25, 0.3) is 0 Å². The number of amides is 3. The van der Waals surface area contributed by atoms with Gasteiger partial charge in [0.25, 0.3) is 0 Å². The van der Waals surface area contributed by atoms with Crippen LogP contribution >= 0.6 is 0 Å². The van der Waals surface area contributed by atoms with E-state index in [0.717, 1.165) is 19.3 Å². The molecule has 2 N–H and O–H groups in total. The first-order valence-corrected chi connectivity index (χ1v) is 7.48. The van der Waals surface area contributed by atoms with E-state index >= 15 is 0 Å². The van der Waals surface area contributed by atoms with Gasteiger partial charge in [-0.2, -0.15) is 0 Å². The highest BCUT2D eigenvalue weighted by molar-refractivity contribution is 6.05. The maximum atomic E-state index is 12.0. The molecule has 6 heteroatoms. The van der Waals surface area contributed by atoms with E-state index in [4.69, 9.17) is 0 Å². The predicted molar refractivity (Wildman–Crippen MR) is 73.8 cm³/mol. The van der Waals surface area contributed by atoms with Crippen molar-refractivity contribution in [3.8, 4) is 0 Å². The minimum atomic E-state index is -0.402. The lowest BCUT2D eigenvalue weighted by molar-refractivity contribution is -0.138. The van der Waals surface area contributed by atoms with E-state index < -0.39 is 6.04 Å². The Bertz CT molecular complexity index is 393. The zero-order valence-corrected chi connectivity index (χ0v) is 12.0. The summed E-state index contributed by atoms with van der Waals surface area (Å²) in [6.07, 6.45) is 4.37. The van der Waals surface area contributed by atoms with E-state index in [-0.39, 0.29) is 24.1 Å². The number of rotatable bonds is 8. The molecular formula is C14H23N3O3. The fraction of sp³-hybridized carbons (Fsp3) is 0.786. The quantitative estimate of drug-likeness (QED) is 0.491. The third-order valence-corrected chi connectivity index (χ3v) is 3.60. The van der Waals surface area contributed by atoms with Crippen LogP contribution in [0.3, 0.4) is 0 Å². The third kappa shape index (κ3) is 4.03. The van der Waals surface area contributed by atoms with Crippen molar-refractivity contribution in [1.29, 1.82) is 0 Å². The first-order valence-electron chi connectivity index (χ1n) is 7.48. The number of hydrogen-bond acceptors (Lipinski definition) is 4. The minimum Gasteiger partial charge on any atom is -0.353 e. The molecule has 0 radical (unpaired) electrons. The van der Waals surface area contributed by atoms with Crippen molar-refractivity contribution in [2.45, 2.75) is 57.5 Å². The summed E-state index contributed by atoms with van der Waals surface area (Å²) in [6, 6.07) is -0.00682. The van der Waals surface area contributed by atoms with E-state index in [2.05, 4.69) is 10.6 Å². The molecule has 1 unspecified atom stereocenters. The number of carbonyl (C=O) groups is 3. The summed E-state index contributed by atoms with van der Waals surface area (Å²) in [5.41, 5.74) is 0. The average molecular weight is 281 g/mol. The molecule has 1 saturated carbocycles. The number of hydrogen-bond donors (Lipinski definition) is 2. The number of carbonyl (C=O) groups excluding carboxylic acids is 3. The van der Waals surface area contributed by atoms with E-state index in [1.165, 1.54) is 4.90 Å². The maximum Gasteiger partial charge on any atom is 0.246 e. The molecular weight excluding hydrogens is 258 g/mol. The van der Waals surface area contributed by atoms with Crippen molar-refractivity contribution in [3.63, 3.8) is 0 Å². The molecule has 1 aliphatic carbocycles. The van der Waals surface area contributed by atoms with Crippen LogP contribution in [0, 0.1) is 0 Å². The summed E-state index contributed by atoms with van der Waals surface area (Å²) in [5.74, 6) is -0.143. The van der Waals surface area contributed by atoms with E-state index in [1.807, 2.05) is 6.92 Å². The Morgan fingerprint density at radius 2 is 2.10 bits per heavy atom. The van der Waals surface area contributed by atoms with Crippen molar-refractivity contribution in [1.82, 2.24) is 15.5 Å². The summed E-state index contributed by atoms with van der Waals surface area (Å²) >= 11 is 0. The zero-order valence-electron chi connectivity index (χ0n) is 12.0. The standard InChI is InChI=1S/C14H23N3O3/c1-2-8-17-13(19)9-11(14(17)20)15-7-3-4-12(18)16-10-5-6-10/h10-11,15H,2-9H2,1H3,(H,16,18). The molecule has 1 saturated heterocycles. The fourth-order valence-electron chi connectivity index (χ4n) is 2.35. The summed E-state index contributed by atoms with van der Waals surface area (Å²) in [5, 5.41) is 6.01. The summed E-state index contributed by atoms with van der Waals surface area (Å²) in [7, 11) is 0. The zero-order chi connectivity index (χ0) is 14.5. The molecule has 0 aromatic rings. The lowest BCUT2D eigenvalue weighted by Gasteiger charge is -2.14. The normalized spacial score (nSPS) is 22.4. The van der Waals surface area contributed by atoms with Gasteiger partial charge < -0.3 is 10.6 Å². The van der Waals surface area contributed by atoms with Crippen molar-refractivity contribution in [2.24, 2.45) is 0 Å². The highest BCUT2D eigenvalue weighted by Crippen LogP contribution is 2.18. The largest absolute Gasteiger partial charge is 0.353 e. The first-order chi connectivity index (χ1) is 9.61. The molecule has 2 aliphatic rings. The van der Waals surface area contributed by atoms with Crippen LogP contribution in [0.5, 0.6) is 0 Å². The highest BCUT2D eigenvalue weighted by atomic mass is 16.2. The molecule has 112 valence electrons. The Balaban J connectivity index is 1.62. The van der Waals surface area contributed by atoms with Gasteiger partial charge in [-0.3, -0.25) is 19.3 Å². The molecule has 1 aliphatic heterocycles. The lowest BCUT2D eigenvalue weighted by Crippen LogP contribution is -2.39. The van der Waals surface area contributed by atoms with Crippen LogP contribution in [0.1, 0.15) is 45.4 Å². The molecule has 0 spiro atoms. The summed E-state index contributed by atoms with van der Waals surface area (Å²) in [6.45, 7) is 3.03. The summed E-state index contributed by atoms with van der Waals surface area (Å²) < 4.78 is 0. The van der Waals surface area contributed by atoms with Crippen LogP contribution in [0.15, 0.2) is 0 Å². The number of nitrogens with zero attached hydrogens (tertiary/aromatic N) is 1. The van der Waals surface area contributed by atoms with E-state index in [9.17, 15) is 14.4 Å². The van der Waals surface area contributed by atoms with E-state index in [1.54, 1.807) is 0 Å². The molecule has 1 heterocycles. The molecule has 6 nitrogen and oxygen atoms in total. The topological polar surface area (TPSA) is 78.5 Å². The highest BCUT2D eigenvalue weighted by Gasteiger charge is 2.37. The molecule has 3 amide bonds. The van der Waals surface area contributed by atoms with Gasteiger partial charge in [-0.25, -0.2) is 0 Å². The number of imide groups is 1. The Morgan fingerprint density at radius 3 is 2.75 bits per heavy atom. The first kappa shape index (κ1) is 15.0. The van der Waals surface area contributed by atoms with Crippen LogP contribution < -0.4 is 10.6 Å². The Morgan fingerprint density at radius 1 is 1.35 bits per heavy atom. The molecule has 2 fully saturated rings. The molecule has 0 aromatic heterocycles. The van der Waals surface area contributed by atoms with Crippen LogP contribution in [0.2, 0.25) is 0 Å². The second-order valence-corrected chi connectivity index (χ2v) is 5.54. The molecule has 2 rings (SSSR count). The van der Waals surface area contributed by atoms with Gasteiger partial charge in [-0.1, -0.05) is 6.92 Å². The Labute approximate surface area is 119 Å². The number of nitrogens with one attached hydrogen (secondary N) is 2. The van der Waals surface area contributed by atoms with Gasteiger partial charge in [-0.15, -0.1) is 0 Å². The predicted octanol–water partition coefficient (Wildman–Crippen LogP) is 0.172. The molecule has 0 bridgehead atoms. The smallest absolute Gasteiger partial charge is 0.246 e. The summed E-state index contributed by atoms with van der Waals surface area (Å²) in [4.78, 5) is 36.4. The number of likely N-dealkylation sites (tertiary alicyclic amines) is 1. The molecule has 20 heavy (non-hydrogen) atoms. The molecule has 1 atom stereocenters. The van der Waals surface area contributed by atoms with Gasteiger partial charge in [0.2, 0.25) is 17.7 Å². The van der Waals surface area contributed by atoms with Crippen molar-refractivity contribution < 1.29 is 14.4 Å². The van der Waals surface area contributed by atoms with Crippen LogP contribution in [0.4, 0.5) is 0 Å².